The smallest absolute Gasteiger partial charge is 0.221 e. The summed E-state index contributed by atoms with van der Waals surface area (Å²) < 4.78 is 5.79. The number of hydrogen-bond donors (Lipinski definition) is 2. The maximum atomic E-state index is 11.1. The predicted octanol–water partition coefficient (Wildman–Crippen LogP) is 4.59. The van der Waals surface area contributed by atoms with Gasteiger partial charge in [-0.15, -0.1) is 0 Å². The highest BCUT2D eigenvalue weighted by atomic mass is 35.5. The maximum absolute atomic E-state index is 11.1. The Morgan fingerprint density at radius 1 is 1.23 bits per heavy atom. The zero-order valence-corrected chi connectivity index (χ0v) is 17.7. The second-order valence-corrected chi connectivity index (χ2v) is 8.10. The lowest BCUT2D eigenvalue weighted by Gasteiger charge is -2.16. The first kappa shape index (κ1) is 20.4. The number of carbonyl (C=O) groups is 1. The van der Waals surface area contributed by atoms with E-state index in [9.17, 15) is 4.79 Å². The molecule has 0 bridgehead atoms. The van der Waals surface area contributed by atoms with Gasteiger partial charge in [0.25, 0.3) is 0 Å². The van der Waals surface area contributed by atoms with Crippen LogP contribution in [0.1, 0.15) is 36.2 Å². The van der Waals surface area contributed by atoms with Crippen LogP contribution in [0.5, 0.6) is 5.75 Å². The molecule has 0 saturated carbocycles. The first-order valence-corrected chi connectivity index (χ1v) is 10.4. The van der Waals surface area contributed by atoms with Crippen molar-refractivity contribution in [1.82, 2.24) is 15.1 Å². The summed E-state index contributed by atoms with van der Waals surface area (Å²) in [5.41, 5.74) is 4.12. The monoisotopic (exact) mass is 424 g/mol. The van der Waals surface area contributed by atoms with Crippen LogP contribution < -0.4 is 10.1 Å². The number of benzene rings is 2. The Kier molecular flexibility index (Phi) is 6.35. The number of nitrogens with one attached hydrogen (secondary N) is 2. The fourth-order valence-corrected chi connectivity index (χ4v) is 3.85. The first-order chi connectivity index (χ1) is 14.5. The predicted molar refractivity (Wildman–Crippen MR) is 118 cm³/mol. The molecule has 2 N–H and O–H groups in total. The molecule has 30 heavy (non-hydrogen) atoms. The SMILES string of the molecule is CC(=O)Nc1ccc(CN2CC[C@@H](c3cc(COc4ccc(Cl)cc4)[nH]n3)C2)cc1. The van der Waals surface area contributed by atoms with Crippen LogP contribution >= 0.6 is 11.6 Å². The van der Waals surface area contributed by atoms with Gasteiger partial charge in [-0.3, -0.25) is 14.8 Å². The van der Waals surface area contributed by atoms with Gasteiger partial charge >= 0.3 is 0 Å². The summed E-state index contributed by atoms with van der Waals surface area (Å²) in [7, 11) is 0. The molecule has 1 atom stereocenters. The quantitative estimate of drug-likeness (QED) is 0.582. The van der Waals surface area contributed by atoms with Gasteiger partial charge in [0.2, 0.25) is 5.91 Å². The summed E-state index contributed by atoms with van der Waals surface area (Å²) in [6.45, 7) is 4.89. The number of carbonyl (C=O) groups excluding carboxylic acids is 1. The molecule has 3 aromatic rings. The largest absolute Gasteiger partial charge is 0.487 e. The second kappa shape index (κ2) is 9.32. The number of amides is 1. The molecule has 1 aliphatic rings. The van der Waals surface area contributed by atoms with Crippen LogP contribution in [-0.2, 0) is 17.9 Å². The molecule has 0 spiro atoms. The number of rotatable bonds is 7. The summed E-state index contributed by atoms with van der Waals surface area (Å²) >= 11 is 5.90. The van der Waals surface area contributed by atoms with Crippen molar-refractivity contribution in [3.8, 4) is 5.75 Å². The van der Waals surface area contributed by atoms with E-state index in [-0.39, 0.29) is 5.91 Å². The van der Waals surface area contributed by atoms with Crippen molar-refractivity contribution < 1.29 is 9.53 Å². The van der Waals surface area contributed by atoms with Gasteiger partial charge in [-0.05, 0) is 61.0 Å². The maximum Gasteiger partial charge on any atom is 0.221 e. The molecule has 1 aromatic heterocycles. The molecule has 2 heterocycles. The molecule has 0 unspecified atom stereocenters. The lowest BCUT2D eigenvalue weighted by Crippen LogP contribution is -2.19. The van der Waals surface area contributed by atoms with Crippen molar-refractivity contribution in [3.05, 3.63) is 76.6 Å². The zero-order chi connectivity index (χ0) is 20.9. The minimum Gasteiger partial charge on any atom is -0.487 e. The third-order valence-corrected chi connectivity index (χ3v) is 5.48. The van der Waals surface area contributed by atoms with Crippen LogP contribution in [0.4, 0.5) is 5.69 Å². The molecular formula is C23H25ClN4O2. The second-order valence-electron chi connectivity index (χ2n) is 7.66. The fourth-order valence-electron chi connectivity index (χ4n) is 3.73. The Labute approximate surface area is 181 Å². The number of aromatic amines is 1. The Morgan fingerprint density at radius 3 is 2.73 bits per heavy atom. The fraction of sp³-hybridized carbons (Fsp3) is 0.304. The number of halogens is 1. The normalized spacial score (nSPS) is 16.5. The Balaban J connectivity index is 1.28. The third kappa shape index (κ3) is 5.40. The molecule has 0 radical (unpaired) electrons. The topological polar surface area (TPSA) is 70.2 Å². The molecule has 6 nitrogen and oxygen atoms in total. The minimum absolute atomic E-state index is 0.0536. The zero-order valence-electron chi connectivity index (χ0n) is 16.9. The van der Waals surface area contributed by atoms with Crippen molar-refractivity contribution in [2.45, 2.75) is 32.4 Å². The van der Waals surface area contributed by atoms with E-state index in [1.807, 2.05) is 36.4 Å². The first-order valence-electron chi connectivity index (χ1n) is 10.1. The molecule has 0 aliphatic carbocycles. The molecule has 1 saturated heterocycles. The van der Waals surface area contributed by atoms with Crippen LogP contribution in [0.3, 0.4) is 0 Å². The van der Waals surface area contributed by atoms with Gasteiger partial charge in [0, 0.05) is 36.6 Å². The highest BCUT2D eigenvalue weighted by molar-refractivity contribution is 6.30. The lowest BCUT2D eigenvalue weighted by atomic mass is 10.1. The van der Waals surface area contributed by atoms with Gasteiger partial charge in [-0.25, -0.2) is 0 Å². The number of H-pyrrole nitrogens is 1. The van der Waals surface area contributed by atoms with Crippen LogP contribution in [0, 0.1) is 0 Å². The molecule has 7 heteroatoms. The van der Waals surface area contributed by atoms with Crippen molar-refractivity contribution in [1.29, 1.82) is 0 Å². The van der Waals surface area contributed by atoms with Crippen molar-refractivity contribution in [2.24, 2.45) is 0 Å². The van der Waals surface area contributed by atoms with Gasteiger partial charge in [-0.2, -0.15) is 5.10 Å². The highest BCUT2D eigenvalue weighted by Gasteiger charge is 2.25. The van der Waals surface area contributed by atoms with Crippen molar-refractivity contribution in [3.63, 3.8) is 0 Å². The van der Waals surface area contributed by atoms with Crippen LogP contribution in [-0.4, -0.2) is 34.1 Å². The van der Waals surface area contributed by atoms with E-state index < -0.39 is 0 Å². The van der Waals surface area contributed by atoms with Gasteiger partial charge < -0.3 is 10.1 Å². The number of likely N-dealkylation sites (tertiary alicyclic amines) is 1. The Hall–Kier alpha value is -2.83. The van der Waals surface area contributed by atoms with E-state index in [0.717, 1.165) is 48.9 Å². The summed E-state index contributed by atoms with van der Waals surface area (Å²) in [4.78, 5) is 13.6. The van der Waals surface area contributed by atoms with E-state index in [1.165, 1.54) is 12.5 Å². The molecule has 156 valence electrons. The van der Waals surface area contributed by atoms with Crippen LogP contribution in [0.15, 0.2) is 54.6 Å². The van der Waals surface area contributed by atoms with Gasteiger partial charge in [0.05, 0.1) is 11.4 Å². The van der Waals surface area contributed by atoms with Gasteiger partial charge in [0.15, 0.2) is 0 Å². The number of hydrogen-bond acceptors (Lipinski definition) is 4. The number of ether oxygens (including phenoxy) is 1. The van der Waals surface area contributed by atoms with E-state index >= 15 is 0 Å². The molecule has 1 fully saturated rings. The number of aromatic nitrogens is 2. The van der Waals surface area contributed by atoms with E-state index in [0.29, 0.717) is 17.5 Å². The summed E-state index contributed by atoms with van der Waals surface area (Å²) in [5.74, 6) is 1.15. The van der Waals surface area contributed by atoms with E-state index in [2.05, 4.69) is 38.6 Å². The molecule has 4 rings (SSSR count). The molecule has 1 amide bonds. The standard InChI is InChI=1S/C23H25ClN4O2/c1-16(29)25-20-6-2-17(3-7-20)13-28-11-10-18(14-28)23-12-21(26-27-23)15-30-22-8-4-19(24)5-9-22/h2-9,12,18H,10-11,13-15H2,1H3,(H,25,29)(H,26,27)/t18-/m1/s1. The van der Waals surface area contributed by atoms with Gasteiger partial charge in [0.1, 0.15) is 12.4 Å². The van der Waals surface area contributed by atoms with E-state index in [1.54, 1.807) is 0 Å². The Morgan fingerprint density at radius 2 is 2.00 bits per heavy atom. The van der Waals surface area contributed by atoms with Gasteiger partial charge in [-0.1, -0.05) is 23.7 Å². The van der Waals surface area contributed by atoms with Crippen LogP contribution in [0.2, 0.25) is 5.02 Å². The lowest BCUT2D eigenvalue weighted by molar-refractivity contribution is -0.114. The molecule has 2 aromatic carbocycles. The molecular weight excluding hydrogens is 400 g/mol. The number of anilines is 1. The van der Waals surface area contributed by atoms with Crippen LogP contribution in [0.25, 0.3) is 0 Å². The van der Waals surface area contributed by atoms with E-state index in [4.69, 9.17) is 16.3 Å². The third-order valence-electron chi connectivity index (χ3n) is 5.23. The Bertz CT molecular complexity index is 985. The average Bonchev–Trinajstić information content (AvgIpc) is 3.38. The number of nitrogens with zero attached hydrogens (tertiary/aromatic N) is 2. The van der Waals surface area contributed by atoms with Crippen molar-refractivity contribution in [2.75, 3.05) is 18.4 Å². The molecule has 1 aliphatic heterocycles. The highest BCUT2D eigenvalue weighted by Crippen LogP contribution is 2.28. The summed E-state index contributed by atoms with van der Waals surface area (Å²) in [6.07, 6.45) is 1.09. The summed E-state index contributed by atoms with van der Waals surface area (Å²) in [6, 6.07) is 17.5. The summed E-state index contributed by atoms with van der Waals surface area (Å²) in [5, 5.41) is 11.1. The average molecular weight is 425 g/mol. The minimum atomic E-state index is -0.0536. The van der Waals surface area contributed by atoms with Crippen molar-refractivity contribution >= 4 is 23.2 Å².